The number of esters is 1. The Morgan fingerprint density at radius 2 is 2.03 bits per heavy atom. The minimum atomic E-state index is -1.08. The number of thioether (sulfide) groups is 1. The molecule has 0 N–H and O–H groups in total. The number of ether oxygens (including phenoxy) is 2. The van der Waals surface area contributed by atoms with Crippen LogP contribution < -0.4 is 0 Å². The highest BCUT2D eigenvalue weighted by Gasteiger charge is 2.19. The van der Waals surface area contributed by atoms with Crippen LogP contribution in [0.2, 0.25) is 0 Å². The Labute approximate surface area is 197 Å². The molecule has 0 aliphatic carbocycles. The number of carbonyl (C=O) groups excluding carboxylic acids is 1. The predicted molar refractivity (Wildman–Crippen MR) is 128 cm³/mol. The largest absolute Gasteiger partial charge is 0.458 e. The van der Waals surface area contributed by atoms with Crippen LogP contribution in [-0.4, -0.2) is 45.1 Å². The molecule has 0 radical (unpaired) electrons. The summed E-state index contributed by atoms with van der Waals surface area (Å²) in [6.07, 6.45) is 1.23. The summed E-state index contributed by atoms with van der Waals surface area (Å²) < 4.78 is 23.7. The van der Waals surface area contributed by atoms with Crippen LogP contribution in [0.4, 0.5) is 0 Å². The fourth-order valence-electron chi connectivity index (χ4n) is 2.98. The van der Waals surface area contributed by atoms with Crippen LogP contribution in [0.15, 0.2) is 41.4 Å². The van der Waals surface area contributed by atoms with Crippen molar-refractivity contribution in [3.8, 4) is 6.07 Å². The molecule has 2 rings (SSSR count). The van der Waals surface area contributed by atoms with Gasteiger partial charge in [-0.2, -0.15) is 5.26 Å². The molecule has 0 saturated carbocycles. The van der Waals surface area contributed by atoms with E-state index in [0.717, 1.165) is 29.7 Å². The number of carbonyl (C=O) groups is 1. The molecule has 2 unspecified atom stereocenters. The zero-order chi connectivity index (χ0) is 23.3. The number of nitrogens with zero attached hydrogens (tertiary/aromatic N) is 2. The van der Waals surface area contributed by atoms with E-state index in [-0.39, 0.29) is 18.1 Å². The minimum absolute atomic E-state index is 0.0152. The average molecular weight is 475 g/mol. The van der Waals surface area contributed by atoms with Crippen LogP contribution in [-0.2, 0) is 31.7 Å². The first-order chi connectivity index (χ1) is 15.4. The SMILES string of the molecule is CCCCS(=O)CC(COCc1ccccc1)OC(=O)CSc1nc(C)cc(C)c1C#N. The Balaban J connectivity index is 1.95. The first-order valence-electron chi connectivity index (χ1n) is 10.6. The van der Waals surface area contributed by atoms with Crippen molar-refractivity contribution in [2.45, 2.75) is 51.3 Å². The molecule has 1 heterocycles. The first kappa shape index (κ1) is 26.0. The Morgan fingerprint density at radius 3 is 2.72 bits per heavy atom. The van der Waals surface area contributed by atoms with Gasteiger partial charge in [-0.25, -0.2) is 4.98 Å². The number of pyridine rings is 1. The van der Waals surface area contributed by atoms with E-state index in [1.54, 1.807) is 0 Å². The van der Waals surface area contributed by atoms with Gasteiger partial charge in [-0.15, -0.1) is 0 Å². The van der Waals surface area contributed by atoms with Gasteiger partial charge < -0.3 is 9.47 Å². The van der Waals surface area contributed by atoms with Gasteiger partial charge in [0.15, 0.2) is 0 Å². The third-order valence-electron chi connectivity index (χ3n) is 4.56. The van der Waals surface area contributed by atoms with Gasteiger partial charge in [-0.05, 0) is 37.5 Å². The molecule has 8 heteroatoms. The van der Waals surface area contributed by atoms with Crippen molar-refractivity contribution in [2.75, 3.05) is 23.9 Å². The first-order valence-corrected chi connectivity index (χ1v) is 13.1. The highest BCUT2D eigenvalue weighted by molar-refractivity contribution is 7.99. The summed E-state index contributed by atoms with van der Waals surface area (Å²) in [6, 6.07) is 13.7. The molecule has 32 heavy (non-hydrogen) atoms. The third-order valence-corrected chi connectivity index (χ3v) is 7.00. The van der Waals surface area contributed by atoms with Crippen molar-refractivity contribution in [3.05, 3.63) is 58.8 Å². The normalized spacial score (nSPS) is 12.7. The van der Waals surface area contributed by atoms with Crippen molar-refractivity contribution < 1.29 is 18.5 Å². The van der Waals surface area contributed by atoms with E-state index < -0.39 is 22.9 Å². The van der Waals surface area contributed by atoms with Gasteiger partial charge in [0.1, 0.15) is 17.2 Å². The number of hydrogen-bond donors (Lipinski definition) is 0. The molecule has 172 valence electrons. The lowest BCUT2D eigenvalue weighted by atomic mass is 10.1. The molecular weight excluding hydrogens is 444 g/mol. The molecule has 0 bridgehead atoms. The number of benzene rings is 1. The summed E-state index contributed by atoms with van der Waals surface area (Å²) in [5.41, 5.74) is 3.10. The molecule has 0 aliphatic heterocycles. The van der Waals surface area contributed by atoms with Gasteiger partial charge in [0.25, 0.3) is 0 Å². The number of aromatic nitrogens is 1. The number of hydrogen-bond acceptors (Lipinski definition) is 7. The highest BCUT2D eigenvalue weighted by Crippen LogP contribution is 2.23. The van der Waals surface area contributed by atoms with Crippen molar-refractivity contribution >= 4 is 28.5 Å². The molecular formula is C24H30N2O4S2. The summed E-state index contributed by atoms with van der Waals surface area (Å²) in [4.78, 5) is 16.9. The lowest BCUT2D eigenvalue weighted by Crippen LogP contribution is -2.30. The maximum absolute atomic E-state index is 12.5. The maximum atomic E-state index is 12.5. The Morgan fingerprint density at radius 1 is 1.28 bits per heavy atom. The Hall–Kier alpha value is -2.21. The summed E-state index contributed by atoms with van der Waals surface area (Å²) in [5, 5.41) is 9.91. The van der Waals surface area contributed by atoms with Gasteiger partial charge in [0.05, 0.1) is 30.3 Å². The van der Waals surface area contributed by atoms with Crippen LogP contribution in [0, 0.1) is 25.2 Å². The standard InChI is InChI=1S/C24H30N2O4S2/c1-4-5-11-32(28)17-21(15-29-14-20-9-7-6-8-10-20)30-23(27)16-31-24-22(13-25)18(2)12-19(3)26-24/h6-10,12,21H,4-5,11,14-17H2,1-3H3. The quantitative estimate of drug-likeness (QED) is 0.315. The second-order valence-electron chi connectivity index (χ2n) is 7.44. The maximum Gasteiger partial charge on any atom is 0.316 e. The Kier molecular flexibility index (Phi) is 11.4. The van der Waals surface area contributed by atoms with E-state index in [2.05, 4.69) is 11.1 Å². The second-order valence-corrected chi connectivity index (χ2v) is 10.0. The van der Waals surface area contributed by atoms with Crippen LogP contribution >= 0.6 is 11.8 Å². The summed E-state index contributed by atoms with van der Waals surface area (Å²) in [5.74, 6) is 0.397. The van der Waals surface area contributed by atoms with E-state index in [1.165, 1.54) is 11.8 Å². The highest BCUT2D eigenvalue weighted by atomic mass is 32.2. The zero-order valence-electron chi connectivity index (χ0n) is 18.8. The van der Waals surface area contributed by atoms with Crippen molar-refractivity contribution in [1.29, 1.82) is 5.26 Å². The number of aryl methyl sites for hydroxylation is 2. The molecule has 1 aromatic carbocycles. The summed E-state index contributed by atoms with van der Waals surface area (Å²) >= 11 is 1.18. The topological polar surface area (TPSA) is 89.3 Å². The molecule has 0 aliphatic rings. The van der Waals surface area contributed by atoms with E-state index in [4.69, 9.17) is 9.47 Å². The molecule has 0 amide bonds. The monoisotopic (exact) mass is 474 g/mol. The lowest BCUT2D eigenvalue weighted by molar-refractivity contribution is -0.147. The molecule has 0 spiro atoms. The zero-order valence-corrected chi connectivity index (χ0v) is 20.5. The fraction of sp³-hybridized carbons (Fsp3) is 0.458. The van der Waals surface area contributed by atoms with Crippen molar-refractivity contribution in [1.82, 2.24) is 4.98 Å². The molecule has 6 nitrogen and oxygen atoms in total. The number of nitriles is 1. The van der Waals surface area contributed by atoms with Crippen LogP contribution in [0.1, 0.15) is 42.1 Å². The minimum Gasteiger partial charge on any atom is -0.458 e. The second kappa shape index (κ2) is 14.0. The van der Waals surface area contributed by atoms with Crippen LogP contribution in [0.25, 0.3) is 0 Å². The van der Waals surface area contributed by atoms with Crippen LogP contribution in [0.3, 0.4) is 0 Å². The summed E-state index contributed by atoms with van der Waals surface area (Å²) in [7, 11) is -1.08. The molecule has 2 atom stereocenters. The predicted octanol–water partition coefficient (Wildman–Crippen LogP) is 4.34. The third kappa shape index (κ3) is 9.11. The van der Waals surface area contributed by atoms with E-state index >= 15 is 0 Å². The Bertz CT molecular complexity index is 945. The van der Waals surface area contributed by atoms with E-state index in [1.807, 2.05) is 57.2 Å². The molecule has 2 aromatic rings. The van der Waals surface area contributed by atoms with Gasteiger partial charge >= 0.3 is 5.97 Å². The number of unbranched alkanes of at least 4 members (excludes halogenated alkanes) is 1. The molecule has 1 aromatic heterocycles. The van der Waals surface area contributed by atoms with Gasteiger partial charge in [-0.1, -0.05) is 55.4 Å². The van der Waals surface area contributed by atoms with E-state index in [0.29, 0.717) is 22.9 Å². The van der Waals surface area contributed by atoms with Crippen molar-refractivity contribution in [3.63, 3.8) is 0 Å². The van der Waals surface area contributed by atoms with Crippen molar-refractivity contribution in [2.24, 2.45) is 0 Å². The van der Waals surface area contributed by atoms with Crippen LogP contribution in [0.5, 0.6) is 0 Å². The van der Waals surface area contributed by atoms with E-state index in [9.17, 15) is 14.3 Å². The van der Waals surface area contributed by atoms with Gasteiger partial charge in [-0.3, -0.25) is 9.00 Å². The fourth-order valence-corrected chi connectivity index (χ4v) is 5.22. The average Bonchev–Trinajstić information content (AvgIpc) is 2.76. The smallest absolute Gasteiger partial charge is 0.316 e. The molecule has 0 saturated heterocycles. The number of rotatable bonds is 13. The lowest BCUT2D eigenvalue weighted by Gasteiger charge is -2.18. The van der Waals surface area contributed by atoms with Gasteiger partial charge in [0, 0.05) is 22.2 Å². The van der Waals surface area contributed by atoms with Gasteiger partial charge in [0.2, 0.25) is 0 Å². The molecule has 0 fully saturated rings. The summed E-state index contributed by atoms with van der Waals surface area (Å²) in [6.45, 7) is 6.31.